The molecule has 17 heavy (non-hydrogen) atoms. The monoisotopic (exact) mass is 259 g/mol. The molecule has 1 unspecified atom stereocenters. The summed E-state index contributed by atoms with van der Waals surface area (Å²) in [7, 11) is 0. The van der Waals surface area contributed by atoms with Gasteiger partial charge >= 0.3 is 5.97 Å². The van der Waals surface area contributed by atoms with Gasteiger partial charge in [-0.3, -0.25) is 10.1 Å². The highest BCUT2D eigenvalue weighted by atomic mass is 32.2. The average Bonchev–Trinajstić information content (AvgIpc) is 2.77. The maximum Gasteiger partial charge on any atom is 0.321 e. The van der Waals surface area contributed by atoms with Gasteiger partial charge in [0.2, 0.25) is 0 Å². The molecule has 4 heteroatoms. The standard InChI is InChI=1S/C13H25NO2S/c1-2-3-4-5-6-7-8-9-12-14-11(10-17-12)13(15)16/h11-12,14H,2-10H2,1H3,(H,15,16)/t11-,12?/m0/s1. The van der Waals surface area contributed by atoms with Crippen LogP contribution in [0, 0.1) is 0 Å². The molecule has 1 aliphatic heterocycles. The van der Waals surface area contributed by atoms with Crippen molar-refractivity contribution in [1.82, 2.24) is 5.32 Å². The lowest BCUT2D eigenvalue weighted by Crippen LogP contribution is -2.36. The number of hydrogen-bond acceptors (Lipinski definition) is 3. The van der Waals surface area contributed by atoms with Crippen LogP contribution in [-0.2, 0) is 4.79 Å². The number of unbranched alkanes of at least 4 members (excludes halogenated alkanes) is 6. The van der Waals surface area contributed by atoms with Crippen LogP contribution in [0.4, 0.5) is 0 Å². The summed E-state index contributed by atoms with van der Waals surface area (Å²) in [5.74, 6) is 0.0100. The van der Waals surface area contributed by atoms with Gasteiger partial charge in [-0.1, -0.05) is 51.9 Å². The molecule has 1 saturated heterocycles. The van der Waals surface area contributed by atoms with Crippen LogP contribution in [0.3, 0.4) is 0 Å². The van der Waals surface area contributed by atoms with E-state index in [9.17, 15) is 4.79 Å². The lowest BCUT2D eigenvalue weighted by molar-refractivity contribution is -0.138. The molecule has 1 fully saturated rings. The summed E-state index contributed by atoms with van der Waals surface area (Å²) in [6.45, 7) is 2.24. The first-order chi connectivity index (χ1) is 8.24. The van der Waals surface area contributed by atoms with Crippen LogP contribution in [0.25, 0.3) is 0 Å². The first-order valence-electron chi connectivity index (χ1n) is 6.84. The molecule has 2 atom stereocenters. The second kappa shape index (κ2) is 8.81. The molecular formula is C13H25NO2S. The number of carbonyl (C=O) groups is 1. The Morgan fingerprint density at radius 1 is 1.24 bits per heavy atom. The predicted molar refractivity (Wildman–Crippen MR) is 73.4 cm³/mol. The second-order valence-corrected chi connectivity index (χ2v) is 6.03. The Kier molecular flexibility index (Phi) is 7.69. The van der Waals surface area contributed by atoms with Crippen molar-refractivity contribution in [2.45, 2.75) is 69.7 Å². The summed E-state index contributed by atoms with van der Waals surface area (Å²) in [6, 6.07) is -0.324. The molecule has 0 saturated carbocycles. The third-order valence-electron chi connectivity index (χ3n) is 3.22. The van der Waals surface area contributed by atoms with E-state index < -0.39 is 5.97 Å². The number of aliphatic carboxylic acids is 1. The Bertz CT molecular complexity index is 223. The van der Waals surface area contributed by atoms with Gasteiger partial charge in [0.05, 0.1) is 5.37 Å². The minimum atomic E-state index is -0.709. The number of thioether (sulfide) groups is 1. The highest BCUT2D eigenvalue weighted by molar-refractivity contribution is 8.00. The van der Waals surface area contributed by atoms with Crippen LogP contribution in [0.2, 0.25) is 0 Å². The first-order valence-corrected chi connectivity index (χ1v) is 7.89. The Morgan fingerprint density at radius 3 is 2.47 bits per heavy atom. The molecule has 1 heterocycles. The van der Waals surface area contributed by atoms with Gasteiger partial charge in [-0.2, -0.15) is 0 Å². The van der Waals surface area contributed by atoms with Crippen LogP contribution in [-0.4, -0.2) is 28.2 Å². The normalized spacial score (nSPS) is 24.1. The summed E-state index contributed by atoms with van der Waals surface area (Å²) < 4.78 is 0. The smallest absolute Gasteiger partial charge is 0.321 e. The predicted octanol–water partition coefficient (Wildman–Crippen LogP) is 3.24. The molecule has 0 spiro atoms. The third-order valence-corrected chi connectivity index (χ3v) is 4.52. The summed E-state index contributed by atoms with van der Waals surface area (Å²) in [4.78, 5) is 10.7. The van der Waals surface area contributed by atoms with Crippen molar-refractivity contribution >= 4 is 17.7 Å². The van der Waals surface area contributed by atoms with Gasteiger partial charge in [0, 0.05) is 5.75 Å². The van der Waals surface area contributed by atoms with Crippen molar-refractivity contribution in [3.8, 4) is 0 Å². The number of hydrogen-bond donors (Lipinski definition) is 2. The maximum absolute atomic E-state index is 10.7. The Morgan fingerprint density at radius 2 is 1.88 bits per heavy atom. The van der Waals surface area contributed by atoms with Crippen molar-refractivity contribution < 1.29 is 9.90 Å². The fraction of sp³-hybridized carbons (Fsp3) is 0.923. The van der Waals surface area contributed by atoms with Gasteiger partial charge in [-0.15, -0.1) is 11.8 Å². The molecule has 0 aromatic carbocycles. The lowest BCUT2D eigenvalue weighted by Gasteiger charge is -2.10. The van der Waals surface area contributed by atoms with Crippen molar-refractivity contribution in [1.29, 1.82) is 0 Å². The molecule has 1 rings (SSSR count). The van der Waals surface area contributed by atoms with Crippen LogP contribution >= 0.6 is 11.8 Å². The fourth-order valence-corrected chi connectivity index (χ4v) is 3.39. The highest BCUT2D eigenvalue weighted by Crippen LogP contribution is 2.23. The number of carboxylic acids is 1. The molecule has 0 aromatic heterocycles. The number of rotatable bonds is 9. The second-order valence-electron chi connectivity index (χ2n) is 4.79. The molecule has 0 aliphatic carbocycles. The van der Waals surface area contributed by atoms with E-state index >= 15 is 0 Å². The van der Waals surface area contributed by atoms with E-state index in [0.717, 1.165) is 12.2 Å². The van der Waals surface area contributed by atoms with E-state index in [1.165, 1.54) is 44.9 Å². The Labute approximate surface area is 109 Å². The van der Waals surface area contributed by atoms with Crippen LogP contribution < -0.4 is 5.32 Å². The zero-order chi connectivity index (χ0) is 12.5. The topological polar surface area (TPSA) is 49.3 Å². The van der Waals surface area contributed by atoms with E-state index in [-0.39, 0.29) is 6.04 Å². The highest BCUT2D eigenvalue weighted by Gasteiger charge is 2.28. The number of nitrogens with one attached hydrogen (secondary N) is 1. The van der Waals surface area contributed by atoms with E-state index in [2.05, 4.69) is 12.2 Å². The average molecular weight is 259 g/mol. The molecular weight excluding hydrogens is 234 g/mol. The third kappa shape index (κ3) is 6.32. The zero-order valence-electron chi connectivity index (χ0n) is 10.8. The fourth-order valence-electron chi connectivity index (χ4n) is 2.13. The minimum Gasteiger partial charge on any atom is -0.480 e. The summed E-state index contributed by atoms with van der Waals surface area (Å²) >= 11 is 1.76. The molecule has 100 valence electrons. The molecule has 0 radical (unpaired) electrons. The molecule has 0 amide bonds. The van der Waals surface area contributed by atoms with E-state index in [1.54, 1.807) is 11.8 Å². The van der Waals surface area contributed by atoms with E-state index in [4.69, 9.17) is 5.11 Å². The van der Waals surface area contributed by atoms with Crippen molar-refractivity contribution in [2.24, 2.45) is 0 Å². The van der Waals surface area contributed by atoms with E-state index in [1.807, 2.05) is 0 Å². The molecule has 1 aliphatic rings. The quantitative estimate of drug-likeness (QED) is 0.624. The van der Waals surface area contributed by atoms with Gasteiger partial charge < -0.3 is 5.11 Å². The van der Waals surface area contributed by atoms with Gasteiger partial charge in [0.15, 0.2) is 0 Å². The van der Waals surface area contributed by atoms with Crippen molar-refractivity contribution in [2.75, 3.05) is 5.75 Å². The van der Waals surface area contributed by atoms with Gasteiger partial charge in [-0.05, 0) is 6.42 Å². The van der Waals surface area contributed by atoms with E-state index in [0.29, 0.717) is 5.37 Å². The van der Waals surface area contributed by atoms with Crippen LogP contribution in [0.1, 0.15) is 58.3 Å². The van der Waals surface area contributed by atoms with Gasteiger partial charge in [0.25, 0.3) is 0 Å². The minimum absolute atomic E-state index is 0.324. The SMILES string of the molecule is CCCCCCCCCC1N[C@H](C(=O)O)CS1. The number of carboxylic acid groups (broad SMARTS) is 1. The lowest BCUT2D eigenvalue weighted by atomic mass is 10.1. The summed E-state index contributed by atoms with van der Waals surface area (Å²) in [5, 5.41) is 12.4. The van der Waals surface area contributed by atoms with Crippen molar-refractivity contribution in [3.05, 3.63) is 0 Å². The maximum atomic E-state index is 10.7. The summed E-state index contributed by atoms with van der Waals surface area (Å²) in [6.07, 6.45) is 10.4. The van der Waals surface area contributed by atoms with Gasteiger partial charge in [0.1, 0.15) is 6.04 Å². The summed E-state index contributed by atoms with van der Waals surface area (Å²) in [5.41, 5.74) is 0. The Balaban J connectivity index is 1.92. The largest absolute Gasteiger partial charge is 0.480 e. The first kappa shape index (κ1) is 14.8. The molecule has 0 bridgehead atoms. The molecule has 0 aromatic rings. The molecule has 3 nitrogen and oxygen atoms in total. The zero-order valence-corrected chi connectivity index (χ0v) is 11.6. The van der Waals surface area contributed by atoms with Crippen LogP contribution in [0.15, 0.2) is 0 Å². The van der Waals surface area contributed by atoms with Crippen LogP contribution in [0.5, 0.6) is 0 Å². The van der Waals surface area contributed by atoms with Gasteiger partial charge in [-0.25, -0.2) is 0 Å². The Hall–Kier alpha value is -0.220. The molecule has 2 N–H and O–H groups in total. The van der Waals surface area contributed by atoms with Crippen molar-refractivity contribution in [3.63, 3.8) is 0 Å².